The lowest BCUT2D eigenvalue weighted by molar-refractivity contribution is 0.807. The van der Waals surface area contributed by atoms with Crippen LogP contribution in [0.25, 0.3) is 0 Å². The number of anilines is 1. The van der Waals surface area contributed by atoms with E-state index >= 15 is 0 Å². The van der Waals surface area contributed by atoms with Gasteiger partial charge in [-0.1, -0.05) is 30.3 Å². The SMILES string of the molecule is CCN(Cc1ccccc1)c1nc(Cl)ncc1Br. The summed E-state index contributed by atoms with van der Waals surface area (Å²) >= 11 is 9.31. The van der Waals surface area contributed by atoms with E-state index in [0.717, 1.165) is 23.4 Å². The number of aromatic nitrogens is 2. The van der Waals surface area contributed by atoms with Gasteiger partial charge < -0.3 is 4.90 Å². The third-order valence-electron chi connectivity index (χ3n) is 2.59. The lowest BCUT2D eigenvalue weighted by atomic mass is 10.2. The summed E-state index contributed by atoms with van der Waals surface area (Å²) < 4.78 is 0.852. The summed E-state index contributed by atoms with van der Waals surface area (Å²) in [6.45, 7) is 3.73. The van der Waals surface area contributed by atoms with Crippen LogP contribution >= 0.6 is 27.5 Å². The first-order chi connectivity index (χ1) is 8.70. The Kier molecular flexibility index (Phi) is 4.55. The van der Waals surface area contributed by atoms with Crippen molar-refractivity contribution in [2.24, 2.45) is 0 Å². The molecule has 0 saturated carbocycles. The highest BCUT2D eigenvalue weighted by Crippen LogP contribution is 2.25. The van der Waals surface area contributed by atoms with Crippen LogP contribution in [-0.4, -0.2) is 16.5 Å². The molecule has 0 spiro atoms. The van der Waals surface area contributed by atoms with E-state index in [2.05, 4.69) is 49.9 Å². The van der Waals surface area contributed by atoms with Crippen LogP contribution < -0.4 is 4.90 Å². The first-order valence-electron chi connectivity index (χ1n) is 5.67. The van der Waals surface area contributed by atoms with Crippen LogP contribution in [0.4, 0.5) is 5.82 Å². The Labute approximate surface area is 120 Å². The lowest BCUT2D eigenvalue weighted by Gasteiger charge is -2.23. The van der Waals surface area contributed by atoms with E-state index in [1.165, 1.54) is 5.56 Å². The summed E-state index contributed by atoms with van der Waals surface area (Å²) in [7, 11) is 0. The zero-order valence-corrected chi connectivity index (χ0v) is 12.3. The van der Waals surface area contributed by atoms with E-state index < -0.39 is 0 Å². The molecule has 0 unspecified atom stereocenters. The van der Waals surface area contributed by atoms with Gasteiger partial charge in [0.15, 0.2) is 0 Å². The van der Waals surface area contributed by atoms with E-state index in [9.17, 15) is 0 Å². The molecule has 0 amide bonds. The Bertz CT molecular complexity index is 519. The smallest absolute Gasteiger partial charge is 0.224 e. The van der Waals surface area contributed by atoms with Crippen LogP contribution in [0.1, 0.15) is 12.5 Å². The fourth-order valence-electron chi connectivity index (χ4n) is 1.70. The number of rotatable bonds is 4. The van der Waals surface area contributed by atoms with Gasteiger partial charge in [-0.2, -0.15) is 4.98 Å². The van der Waals surface area contributed by atoms with Crippen molar-refractivity contribution in [3.05, 3.63) is 51.8 Å². The van der Waals surface area contributed by atoms with Crippen molar-refractivity contribution in [2.75, 3.05) is 11.4 Å². The standard InChI is InChI=1S/C13H13BrClN3/c1-2-18(9-10-6-4-3-5-7-10)12-11(14)8-16-13(15)17-12/h3-8H,2,9H2,1H3. The second-order valence-corrected chi connectivity index (χ2v) is 5.00. The molecule has 0 radical (unpaired) electrons. The predicted octanol–water partition coefficient (Wildman–Crippen LogP) is 3.92. The number of nitrogens with zero attached hydrogens (tertiary/aromatic N) is 3. The summed E-state index contributed by atoms with van der Waals surface area (Å²) in [5, 5.41) is 0.264. The molecule has 2 rings (SSSR count). The van der Waals surface area contributed by atoms with Crippen molar-refractivity contribution in [3.8, 4) is 0 Å². The minimum atomic E-state index is 0.264. The molecule has 1 aromatic heterocycles. The van der Waals surface area contributed by atoms with Crippen LogP contribution in [-0.2, 0) is 6.54 Å². The van der Waals surface area contributed by atoms with Gasteiger partial charge in [-0.25, -0.2) is 4.98 Å². The third-order valence-corrected chi connectivity index (χ3v) is 3.34. The zero-order chi connectivity index (χ0) is 13.0. The normalized spacial score (nSPS) is 10.4. The molecule has 5 heteroatoms. The molecule has 1 heterocycles. The van der Waals surface area contributed by atoms with Gasteiger partial charge >= 0.3 is 0 Å². The van der Waals surface area contributed by atoms with Crippen molar-refractivity contribution in [3.63, 3.8) is 0 Å². The molecule has 18 heavy (non-hydrogen) atoms. The molecule has 0 bridgehead atoms. The monoisotopic (exact) mass is 325 g/mol. The second kappa shape index (κ2) is 6.16. The van der Waals surface area contributed by atoms with Crippen LogP contribution in [0.3, 0.4) is 0 Å². The van der Waals surface area contributed by atoms with Gasteiger partial charge in [0.25, 0.3) is 0 Å². The minimum absolute atomic E-state index is 0.264. The first-order valence-corrected chi connectivity index (χ1v) is 6.84. The fraction of sp³-hybridized carbons (Fsp3) is 0.231. The Morgan fingerprint density at radius 2 is 2.00 bits per heavy atom. The topological polar surface area (TPSA) is 29.0 Å². The van der Waals surface area contributed by atoms with Crippen molar-refractivity contribution in [1.29, 1.82) is 0 Å². The Balaban J connectivity index is 2.26. The molecule has 1 aromatic carbocycles. The summed E-state index contributed by atoms with van der Waals surface area (Å²) in [5.74, 6) is 0.821. The number of benzene rings is 1. The van der Waals surface area contributed by atoms with Crippen LogP contribution in [0.15, 0.2) is 41.0 Å². The maximum Gasteiger partial charge on any atom is 0.224 e. The molecule has 94 valence electrons. The highest BCUT2D eigenvalue weighted by atomic mass is 79.9. The number of hydrogen-bond acceptors (Lipinski definition) is 3. The molecule has 0 aliphatic carbocycles. The zero-order valence-electron chi connectivity index (χ0n) is 9.98. The van der Waals surface area contributed by atoms with E-state index in [1.54, 1.807) is 6.20 Å². The van der Waals surface area contributed by atoms with Crippen molar-refractivity contribution < 1.29 is 0 Å². The average molecular weight is 327 g/mol. The molecule has 0 fully saturated rings. The summed E-state index contributed by atoms with van der Waals surface area (Å²) in [5.41, 5.74) is 1.24. The molecule has 0 aliphatic rings. The molecule has 0 saturated heterocycles. The minimum Gasteiger partial charge on any atom is -0.351 e. The van der Waals surface area contributed by atoms with Gasteiger partial charge in [0.1, 0.15) is 5.82 Å². The van der Waals surface area contributed by atoms with Gasteiger partial charge in [0.2, 0.25) is 5.28 Å². The summed E-state index contributed by atoms with van der Waals surface area (Å²) in [6, 6.07) is 10.3. The van der Waals surface area contributed by atoms with E-state index in [4.69, 9.17) is 11.6 Å². The van der Waals surface area contributed by atoms with Gasteiger partial charge in [-0.3, -0.25) is 0 Å². The molecular formula is C13H13BrClN3. The van der Waals surface area contributed by atoms with Crippen LogP contribution in [0, 0.1) is 0 Å². The lowest BCUT2D eigenvalue weighted by Crippen LogP contribution is -2.23. The highest BCUT2D eigenvalue weighted by Gasteiger charge is 2.12. The largest absolute Gasteiger partial charge is 0.351 e. The molecule has 0 atom stereocenters. The summed E-state index contributed by atoms with van der Waals surface area (Å²) in [4.78, 5) is 10.4. The van der Waals surface area contributed by atoms with Crippen LogP contribution in [0.2, 0.25) is 5.28 Å². The third kappa shape index (κ3) is 3.21. The van der Waals surface area contributed by atoms with Crippen molar-refractivity contribution >= 4 is 33.3 Å². The van der Waals surface area contributed by atoms with Gasteiger partial charge in [0.05, 0.1) is 4.47 Å². The predicted molar refractivity (Wildman–Crippen MR) is 77.9 cm³/mol. The van der Waals surface area contributed by atoms with E-state index in [1.807, 2.05) is 18.2 Å². The average Bonchev–Trinajstić information content (AvgIpc) is 2.40. The van der Waals surface area contributed by atoms with Gasteiger partial charge in [-0.05, 0) is 40.0 Å². The summed E-state index contributed by atoms with van der Waals surface area (Å²) in [6.07, 6.45) is 1.68. The molecular weight excluding hydrogens is 314 g/mol. The van der Waals surface area contributed by atoms with E-state index in [0.29, 0.717) is 0 Å². The van der Waals surface area contributed by atoms with Crippen molar-refractivity contribution in [1.82, 2.24) is 9.97 Å². The number of halogens is 2. The van der Waals surface area contributed by atoms with Crippen LogP contribution in [0.5, 0.6) is 0 Å². The number of hydrogen-bond donors (Lipinski definition) is 0. The Morgan fingerprint density at radius 3 is 2.67 bits per heavy atom. The van der Waals surface area contributed by atoms with Gasteiger partial charge in [0, 0.05) is 19.3 Å². The maximum atomic E-state index is 5.85. The van der Waals surface area contributed by atoms with Gasteiger partial charge in [-0.15, -0.1) is 0 Å². The molecule has 3 nitrogen and oxygen atoms in total. The first kappa shape index (κ1) is 13.3. The maximum absolute atomic E-state index is 5.85. The molecule has 2 aromatic rings. The Morgan fingerprint density at radius 1 is 1.28 bits per heavy atom. The molecule has 0 N–H and O–H groups in total. The van der Waals surface area contributed by atoms with Crippen molar-refractivity contribution in [2.45, 2.75) is 13.5 Å². The molecule has 0 aliphatic heterocycles. The quantitative estimate of drug-likeness (QED) is 0.797. The fourth-order valence-corrected chi connectivity index (χ4v) is 2.27. The highest BCUT2D eigenvalue weighted by molar-refractivity contribution is 9.10. The van der Waals surface area contributed by atoms with E-state index in [-0.39, 0.29) is 5.28 Å². The Hall–Kier alpha value is -1.13. The second-order valence-electron chi connectivity index (χ2n) is 3.81.